The molecule has 9 heteroatoms. The second kappa shape index (κ2) is 21.9. The molecule has 1 heterocycles. The molecule has 1 aliphatic rings. The summed E-state index contributed by atoms with van der Waals surface area (Å²) in [5.74, 6) is 1.91. The van der Waals surface area contributed by atoms with E-state index in [0.29, 0.717) is 44.7 Å². The van der Waals surface area contributed by atoms with Crippen LogP contribution in [-0.2, 0) is 23.9 Å². The van der Waals surface area contributed by atoms with Crippen molar-refractivity contribution < 1.29 is 23.9 Å². The lowest BCUT2D eigenvalue weighted by molar-refractivity contribution is -0.134. The Labute approximate surface area is 265 Å². The molecule has 1 N–H and O–H groups in total. The van der Waals surface area contributed by atoms with Gasteiger partial charge in [-0.3, -0.25) is 14.4 Å². The molecule has 0 bridgehead atoms. The van der Waals surface area contributed by atoms with E-state index in [2.05, 4.69) is 19.2 Å². The highest BCUT2D eigenvalue weighted by atomic mass is 33.1. The van der Waals surface area contributed by atoms with Crippen LogP contribution in [0.25, 0.3) is 0 Å². The first kappa shape index (κ1) is 39.3. The van der Waals surface area contributed by atoms with E-state index in [-0.39, 0.29) is 46.8 Å². The van der Waals surface area contributed by atoms with Gasteiger partial charge in [-0.2, -0.15) is 0 Å². The molecule has 0 unspecified atom stereocenters. The van der Waals surface area contributed by atoms with Crippen molar-refractivity contribution in [1.82, 2.24) is 10.2 Å². The van der Waals surface area contributed by atoms with Gasteiger partial charge in [0.25, 0.3) is 0 Å². The summed E-state index contributed by atoms with van der Waals surface area (Å²) in [6, 6.07) is 0.0864. The van der Waals surface area contributed by atoms with Gasteiger partial charge in [-0.25, -0.2) is 0 Å². The average molecular weight is 631 g/mol. The van der Waals surface area contributed by atoms with Gasteiger partial charge in [0.05, 0.1) is 31.0 Å². The van der Waals surface area contributed by atoms with Crippen molar-refractivity contribution in [2.45, 2.75) is 162 Å². The second-order valence-corrected chi connectivity index (χ2v) is 16.4. The summed E-state index contributed by atoms with van der Waals surface area (Å²) < 4.78 is 12.0. The Hall–Kier alpha value is -0.770. The van der Waals surface area contributed by atoms with Crippen LogP contribution in [0.5, 0.6) is 0 Å². The molecule has 7 nitrogen and oxygen atoms in total. The number of unbranched alkanes of at least 4 members (excludes halogenated alkanes) is 4. The molecule has 1 rings (SSSR count). The van der Waals surface area contributed by atoms with Crippen LogP contribution in [0.1, 0.15) is 132 Å². The molecule has 0 radical (unpaired) electrons. The first-order valence-corrected chi connectivity index (χ1v) is 18.8. The largest absolute Gasteiger partial charge is 0.377 e. The maximum Gasteiger partial charge on any atom is 0.222 e. The monoisotopic (exact) mass is 630 g/mol. The number of amides is 2. The number of rotatable bonds is 24. The standard InChI is InChI=1S/C33H62N2O5S2/c1-25(2)30(36)16-12-15-21-41-42-33(7,8)19-13-11-17-31(37)34-20-14-9-10-18-32(38)35-23-29(40-27(5)6)22-28(35)24-39-26(3)4/h25-29H,9-24H2,1-8H3,(H,34,37)/t28-,29+/m0/s1. The highest BCUT2D eigenvalue weighted by Gasteiger charge is 2.36. The van der Waals surface area contributed by atoms with E-state index in [4.69, 9.17) is 9.47 Å². The number of ether oxygens (including phenoxy) is 2. The Bertz CT molecular complexity index is 776. The molecule has 0 aromatic carbocycles. The van der Waals surface area contributed by atoms with Crippen molar-refractivity contribution in [1.29, 1.82) is 0 Å². The molecule has 0 saturated carbocycles. The Morgan fingerprint density at radius 1 is 0.881 bits per heavy atom. The SMILES string of the molecule is CC(C)OC[C@@H]1C[C@@H](OC(C)C)CN1C(=O)CCCCCNC(=O)CCCCC(C)(C)SSCCCCC(=O)C(C)C. The number of nitrogens with zero attached hydrogens (tertiary/aromatic N) is 1. The molecule has 1 fully saturated rings. The zero-order valence-electron chi connectivity index (χ0n) is 28.0. The zero-order valence-corrected chi connectivity index (χ0v) is 29.6. The van der Waals surface area contributed by atoms with Crippen LogP contribution < -0.4 is 5.32 Å². The number of hydrogen-bond donors (Lipinski definition) is 1. The molecule has 2 amide bonds. The number of carbonyl (C=O) groups excluding carboxylic acids is 3. The third-order valence-corrected chi connectivity index (χ3v) is 10.9. The quantitative estimate of drug-likeness (QED) is 0.0868. The molecular formula is C33H62N2O5S2. The molecule has 0 spiro atoms. The number of hydrogen-bond acceptors (Lipinski definition) is 7. The highest BCUT2D eigenvalue weighted by Crippen LogP contribution is 2.39. The summed E-state index contributed by atoms with van der Waals surface area (Å²) in [5, 5.41) is 3.05. The summed E-state index contributed by atoms with van der Waals surface area (Å²) >= 11 is 0. The Morgan fingerprint density at radius 2 is 1.57 bits per heavy atom. The van der Waals surface area contributed by atoms with Crippen LogP contribution in [0.4, 0.5) is 0 Å². The van der Waals surface area contributed by atoms with Crippen LogP contribution in [0, 0.1) is 5.92 Å². The van der Waals surface area contributed by atoms with Crippen molar-refractivity contribution in [3.05, 3.63) is 0 Å². The number of likely N-dealkylation sites (tertiary alicyclic amines) is 1. The maximum atomic E-state index is 13.0. The van der Waals surface area contributed by atoms with Crippen molar-refractivity contribution in [3.8, 4) is 0 Å². The minimum absolute atomic E-state index is 0.0805. The van der Waals surface area contributed by atoms with Crippen LogP contribution in [-0.4, -0.2) is 77.0 Å². The smallest absolute Gasteiger partial charge is 0.222 e. The van der Waals surface area contributed by atoms with E-state index < -0.39 is 0 Å². The van der Waals surface area contributed by atoms with Gasteiger partial charge in [0, 0.05) is 48.8 Å². The molecule has 246 valence electrons. The molecule has 1 saturated heterocycles. The molecular weight excluding hydrogens is 569 g/mol. The van der Waals surface area contributed by atoms with Crippen LogP contribution in [0.15, 0.2) is 0 Å². The van der Waals surface area contributed by atoms with Crippen molar-refractivity contribution in [2.24, 2.45) is 5.92 Å². The zero-order chi connectivity index (χ0) is 31.5. The Morgan fingerprint density at radius 3 is 2.24 bits per heavy atom. The van der Waals surface area contributed by atoms with Gasteiger partial charge in [0.15, 0.2) is 0 Å². The third-order valence-electron chi connectivity index (χ3n) is 7.43. The van der Waals surface area contributed by atoms with Gasteiger partial charge in [-0.05, 0) is 86.5 Å². The summed E-state index contributed by atoms with van der Waals surface area (Å²) in [7, 11) is 3.84. The first-order chi connectivity index (χ1) is 19.8. The van der Waals surface area contributed by atoms with Crippen LogP contribution in [0.3, 0.4) is 0 Å². The van der Waals surface area contributed by atoms with Gasteiger partial charge in [0.2, 0.25) is 11.8 Å². The summed E-state index contributed by atoms with van der Waals surface area (Å²) in [5.41, 5.74) is 0. The van der Waals surface area contributed by atoms with Crippen molar-refractivity contribution in [2.75, 3.05) is 25.4 Å². The molecule has 0 aliphatic carbocycles. The maximum absolute atomic E-state index is 13.0. The molecule has 2 atom stereocenters. The third kappa shape index (κ3) is 18.8. The first-order valence-electron chi connectivity index (χ1n) is 16.5. The number of carbonyl (C=O) groups is 3. The van der Waals surface area contributed by atoms with E-state index in [0.717, 1.165) is 63.5 Å². The lowest BCUT2D eigenvalue weighted by Gasteiger charge is -2.25. The Balaban J connectivity index is 2.12. The Kier molecular flexibility index (Phi) is 20.4. The van der Waals surface area contributed by atoms with E-state index in [1.54, 1.807) is 0 Å². The van der Waals surface area contributed by atoms with Crippen molar-refractivity contribution >= 4 is 39.2 Å². The fourth-order valence-corrected chi connectivity index (χ4v) is 7.75. The number of ketones is 1. The van der Waals surface area contributed by atoms with E-state index in [1.165, 1.54) is 0 Å². The predicted molar refractivity (Wildman–Crippen MR) is 179 cm³/mol. The average Bonchev–Trinajstić information content (AvgIpc) is 3.31. The summed E-state index contributed by atoms with van der Waals surface area (Å²) in [6.07, 6.45) is 10.8. The summed E-state index contributed by atoms with van der Waals surface area (Å²) in [4.78, 5) is 38.9. The summed E-state index contributed by atoms with van der Waals surface area (Å²) in [6.45, 7) is 18.5. The van der Waals surface area contributed by atoms with Gasteiger partial charge in [-0.15, -0.1) is 0 Å². The van der Waals surface area contributed by atoms with Crippen molar-refractivity contribution in [3.63, 3.8) is 0 Å². The molecule has 0 aromatic heterocycles. The predicted octanol–water partition coefficient (Wildman–Crippen LogP) is 7.60. The molecule has 0 aromatic rings. The number of nitrogens with one attached hydrogen (secondary N) is 1. The van der Waals surface area contributed by atoms with Gasteiger partial charge >= 0.3 is 0 Å². The minimum atomic E-state index is 0.0805. The highest BCUT2D eigenvalue weighted by molar-refractivity contribution is 8.77. The molecule has 42 heavy (non-hydrogen) atoms. The van der Waals surface area contributed by atoms with Gasteiger partial charge in [-0.1, -0.05) is 48.3 Å². The second-order valence-electron chi connectivity index (χ2n) is 13.2. The van der Waals surface area contributed by atoms with Gasteiger partial charge in [0.1, 0.15) is 5.78 Å². The normalized spacial score (nSPS) is 17.5. The fourth-order valence-electron chi connectivity index (χ4n) is 4.99. The minimum Gasteiger partial charge on any atom is -0.377 e. The lowest BCUT2D eigenvalue weighted by atomic mass is 10.0. The lowest BCUT2D eigenvalue weighted by Crippen LogP contribution is -2.39. The topological polar surface area (TPSA) is 84.9 Å². The van der Waals surface area contributed by atoms with Crippen LogP contribution in [0.2, 0.25) is 0 Å². The van der Waals surface area contributed by atoms with E-state index >= 15 is 0 Å². The molecule has 1 aliphatic heterocycles. The van der Waals surface area contributed by atoms with Gasteiger partial charge < -0.3 is 19.7 Å². The van der Waals surface area contributed by atoms with E-state index in [1.807, 2.05) is 68.0 Å². The van der Waals surface area contributed by atoms with Crippen LogP contribution >= 0.6 is 21.6 Å². The number of Topliss-reactive ketones (excluding diaryl/α,β-unsaturated/α-hetero) is 1. The van der Waals surface area contributed by atoms with E-state index in [9.17, 15) is 14.4 Å². The fraction of sp³-hybridized carbons (Fsp3) is 0.909.